The quantitative estimate of drug-likeness (QED) is 0.226. The van der Waals surface area contributed by atoms with Gasteiger partial charge >= 0.3 is 0 Å². The largest absolute Gasteiger partial charge is 0.394 e. The van der Waals surface area contributed by atoms with E-state index in [4.69, 9.17) is 16.2 Å². The van der Waals surface area contributed by atoms with Gasteiger partial charge in [-0.05, 0) is 6.92 Å². The Morgan fingerprint density at radius 3 is 2.72 bits per heavy atom. The highest BCUT2D eigenvalue weighted by atomic mass is 16.6. The third kappa shape index (κ3) is 3.55. The second-order valence-electron chi connectivity index (χ2n) is 6.90. The van der Waals surface area contributed by atoms with Gasteiger partial charge in [-0.2, -0.15) is 0 Å². The summed E-state index contributed by atoms with van der Waals surface area (Å²) in [6.45, 7) is 0.646. The molecule has 2 amide bonds. The van der Waals surface area contributed by atoms with Gasteiger partial charge in [0.15, 0.2) is 12.1 Å². The van der Waals surface area contributed by atoms with Crippen LogP contribution in [-0.2, 0) is 14.3 Å². The van der Waals surface area contributed by atoms with Crippen LogP contribution in [0.25, 0.3) is 0 Å². The molecule has 14 heteroatoms. The smallest absolute Gasteiger partial charge is 0.275 e. The topological polar surface area (TPSA) is 229 Å². The summed E-state index contributed by atoms with van der Waals surface area (Å²) in [5, 5.41) is 40.8. The van der Waals surface area contributed by atoms with E-state index in [1.807, 2.05) is 5.32 Å². The van der Waals surface area contributed by atoms with Gasteiger partial charge in [-0.3, -0.25) is 25.6 Å². The number of rotatable bonds is 5. The van der Waals surface area contributed by atoms with Crippen LogP contribution in [-0.4, -0.2) is 111 Å². The molecule has 1 fully saturated rings. The van der Waals surface area contributed by atoms with Gasteiger partial charge in [0.05, 0.1) is 12.7 Å². The van der Waals surface area contributed by atoms with Crippen LogP contribution in [0.2, 0.25) is 0 Å². The van der Waals surface area contributed by atoms with Gasteiger partial charge in [0.25, 0.3) is 5.91 Å². The van der Waals surface area contributed by atoms with Crippen LogP contribution in [0.5, 0.6) is 0 Å². The van der Waals surface area contributed by atoms with E-state index in [0.717, 1.165) is 6.34 Å². The fourth-order valence-electron chi connectivity index (χ4n) is 3.10. The van der Waals surface area contributed by atoms with Crippen LogP contribution < -0.4 is 16.8 Å². The van der Waals surface area contributed by atoms with Crippen LogP contribution in [0.1, 0.15) is 6.92 Å². The monoisotopic (exact) mass is 413 g/mol. The van der Waals surface area contributed by atoms with Crippen molar-refractivity contribution in [2.45, 2.75) is 49.3 Å². The van der Waals surface area contributed by atoms with E-state index < -0.39 is 60.8 Å². The SMILES string of the molecule is C[C@@H](O)[C@H](N)C(=O)NC(=O)C1(N)N=CN=C2C1=NCN2[C@@H]1O[C@H](CO)[C@@H](O)[C@H]1O. The number of hydrogen-bond donors (Lipinski definition) is 7. The van der Waals surface area contributed by atoms with Gasteiger partial charge in [0.2, 0.25) is 11.6 Å². The molecule has 9 N–H and O–H groups in total. The maximum atomic E-state index is 12.6. The van der Waals surface area contributed by atoms with E-state index in [1.54, 1.807) is 0 Å². The molecule has 29 heavy (non-hydrogen) atoms. The maximum absolute atomic E-state index is 12.6. The zero-order chi connectivity index (χ0) is 21.5. The van der Waals surface area contributed by atoms with E-state index in [0.29, 0.717) is 0 Å². The molecule has 0 spiro atoms. The minimum atomic E-state index is -2.11. The third-order valence-electron chi connectivity index (χ3n) is 4.90. The van der Waals surface area contributed by atoms with Gasteiger partial charge in [-0.25, -0.2) is 9.98 Å². The first kappa shape index (κ1) is 21.4. The van der Waals surface area contributed by atoms with Crippen molar-refractivity contribution < 1.29 is 34.8 Å². The lowest BCUT2D eigenvalue weighted by Gasteiger charge is -2.31. The molecule has 3 aliphatic rings. The predicted molar refractivity (Wildman–Crippen MR) is 97.6 cm³/mol. The Morgan fingerprint density at radius 2 is 2.14 bits per heavy atom. The number of carbonyl (C=O) groups excluding carboxylic acids is 2. The molecule has 7 atom stereocenters. The highest BCUT2D eigenvalue weighted by molar-refractivity contribution is 6.51. The first-order valence-corrected chi connectivity index (χ1v) is 8.75. The normalized spacial score (nSPS) is 35.6. The Balaban J connectivity index is 1.78. The van der Waals surface area contributed by atoms with Crippen LogP contribution in [0.15, 0.2) is 15.0 Å². The van der Waals surface area contributed by atoms with Crippen molar-refractivity contribution in [2.75, 3.05) is 13.3 Å². The fourth-order valence-corrected chi connectivity index (χ4v) is 3.10. The van der Waals surface area contributed by atoms with Crippen molar-refractivity contribution >= 4 is 29.7 Å². The molecule has 0 aromatic rings. The molecule has 1 unspecified atom stereocenters. The Kier molecular flexibility index (Phi) is 5.77. The van der Waals surface area contributed by atoms with E-state index in [-0.39, 0.29) is 18.2 Å². The van der Waals surface area contributed by atoms with Crippen molar-refractivity contribution in [2.24, 2.45) is 26.4 Å². The van der Waals surface area contributed by atoms with Gasteiger partial charge in [0.1, 0.15) is 43.1 Å². The number of aliphatic hydroxyl groups is 4. The van der Waals surface area contributed by atoms with E-state index >= 15 is 0 Å². The number of carbonyl (C=O) groups is 2. The number of aliphatic hydroxyl groups excluding tert-OH is 4. The molecule has 0 aromatic carbocycles. The lowest BCUT2D eigenvalue weighted by atomic mass is 10.0. The Morgan fingerprint density at radius 1 is 1.45 bits per heavy atom. The standard InChI is InChI=1S/C15H23N7O7/c1-5(24)7(16)12(27)21-14(28)15(17)10-11(18-3-20-15)22(4-19-10)13-9(26)8(25)6(2-23)29-13/h3,5-9,13,23-26H,2,4,16-17H2,1H3,(H,21,27,28)/t5-,6-,7+,8-,9-,13-,15?/m1/s1. The number of aliphatic imine (C=N–C) groups is 3. The van der Waals surface area contributed by atoms with Crippen molar-refractivity contribution in [3.8, 4) is 0 Å². The minimum absolute atomic E-state index is 0.0553. The van der Waals surface area contributed by atoms with Gasteiger partial charge in [0, 0.05) is 0 Å². The number of nitrogens with zero attached hydrogens (tertiary/aromatic N) is 4. The number of imide groups is 1. The summed E-state index contributed by atoms with van der Waals surface area (Å²) in [5.41, 5.74) is 9.39. The summed E-state index contributed by atoms with van der Waals surface area (Å²) in [6.07, 6.45) is -5.04. The predicted octanol–water partition coefficient (Wildman–Crippen LogP) is -5.41. The van der Waals surface area contributed by atoms with Crippen molar-refractivity contribution in [3.05, 3.63) is 0 Å². The number of amides is 2. The molecule has 160 valence electrons. The summed E-state index contributed by atoms with van der Waals surface area (Å²) in [7, 11) is 0. The lowest BCUT2D eigenvalue weighted by Crippen LogP contribution is -2.65. The first-order chi connectivity index (χ1) is 13.6. The average Bonchev–Trinajstić information content (AvgIpc) is 3.23. The maximum Gasteiger partial charge on any atom is 0.275 e. The highest BCUT2D eigenvalue weighted by Gasteiger charge is 2.53. The van der Waals surface area contributed by atoms with Crippen LogP contribution in [0.3, 0.4) is 0 Å². The fraction of sp³-hybridized carbons (Fsp3) is 0.667. The third-order valence-corrected chi connectivity index (χ3v) is 4.90. The average molecular weight is 413 g/mol. The second kappa shape index (κ2) is 7.83. The van der Waals surface area contributed by atoms with Crippen molar-refractivity contribution in [1.82, 2.24) is 10.2 Å². The second-order valence-corrected chi connectivity index (χ2v) is 6.90. The zero-order valence-electron chi connectivity index (χ0n) is 15.4. The van der Waals surface area contributed by atoms with Gasteiger partial charge in [-0.1, -0.05) is 0 Å². The lowest BCUT2D eigenvalue weighted by molar-refractivity contribution is -0.133. The summed E-state index contributed by atoms with van der Waals surface area (Å²) in [4.78, 5) is 38.0. The number of hydrogen-bond acceptors (Lipinski definition) is 13. The number of nitrogens with two attached hydrogens (primary N) is 2. The Bertz CT molecular complexity index is 785. The van der Waals surface area contributed by atoms with Crippen molar-refractivity contribution in [3.63, 3.8) is 0 Å². The van der Waals surface area contributed by atoms with Crippen LogP contribution >= 0.6 is 0 Å². The number of amidine groups is 1. The molecule has 0 saturated carbocycles. The Hall–Kier alpha value is -2.33. The van der Waals surface area contributed by atoms with Gasteiger partial charge in [-0.15, -0.1) is 0 Å². The van der Waals surface area contributed by atoms with Crippen LogP contribution in [0, 0.1) is 0 Å². The molecular weight excluding hydrogens is 390 g/mol. The molecule has 3 aliphatic heterocycles. The van der Waals surface area contributed by atoms with E-state index in [9.17, 15) is 30.0 Å². The Labute approximate surface area is 164 Å². The van der Waals surface area contributed by atoms with Gasteiger partial charge < -0.3 is 35.8 Å². The summed E-state index contributed by atoms with van der Waals surface area (Å²) in [5.74, 6) is -1.93. The van der Waals surface area contributed by atoms with Crippen LogP contribution in [0.4, 0.5) is 0 Å². The zero-order valence-corrected chi connectivity index (χ0v) is 15.4. The molecular formula is C15H23N7O7. The molecule has 0 bridgehead atoms. The first-order valence-electron chi connectivity index (χ1n) is 8.75. The number of fused-ring (bicyclic) bond motifs is 1. The van der Waals surface area contributed by atoms with Crippen molar-refractivity contribution in [1.29, 1.82) is 0 Å². The molecule has 3 rings (SSSR count). The number of nitrogens with one attached hydrogen (secondary N) is 1. The van der Waals surface area contributed by atoms with E-state index in [2.05, 4.69) is 15.0 Å². The summed E-state index contributed by atoms with van der Waals surface area (Å²) in [6, 6.07) is -1.36. The highest BCUT2D eigenvalue weighted by Crippen LogP contribution is 2.28. The molecule has 3 heterocycles. The molecule has 0 radical (unpaired) electrons. The van der Waals surface area contributed by atoms with E-state index in [1.165, 1.54) is 11.8 Å². The molecule has 0 aromatic heterocycles. The summed E-state index contributed by atoms with van der Waals surface area (Å²) >= 11 is 0. The molecule has 0 aliphatic carbocycles. The molecule has 1 saturated heterocycles. The minimum Gasteiger partial charge on any atom is -0.394 e. The molecule has 14 nitrogen and oxygen atoms in total. The number of ether oxygens (including phenoxy) is 1. The summed E-state index contributed by atoms with van der Waals surface area (Å²) < 4.78 is 5.46.